The molecule has 1 aromatic heterocycles. The third-order valence-corrected chi connectivity index (χ3v) is 2.59. The molecule has 1 aromatic carbocycles. The maximum atomic E-state index is 5.87. The molecule has 0 saturated heterocycles. The van der Waals surface area contributed by atoms with E-state index in [1.54, 1.807) is 12.4 Å². The lowest BCUT2D eigenvalue weighted by molar-refractivity contribution is 0.883. The lowest BCUT2D eigenvalue weighted by Gasteiger charge is -2.15. The Balaban J connectivity index is 2.11. The fraction of sp³-hybridized carbons (Fsp3) is 0.154. The molecule has 0 spiro atoms. The molecule has 0 bridgehead atoms. The van der Waals surface area contributed by atoms with Crippen LogP contribution >= 0.6 is 11.6 Å². The Morgan fingerprint density at radius 3 is 2.62 bits per heavy atom. The molecule has 2 aromatic rings. The third-order valence-electron chi connectivity index (χ3n) is 2.39. The Hall–Kier alpha value is -1.54. The van der Waals surface area contributed by atoms with Crippen LogP contribution in [0.4, 0.5) is 5.69 Å². The Morgan fingerprint density at radius 1 is 1.19 bits per heavy atom. The molecule has 1 atom stereocenters. The van der Waals surface area contributed by atoms with Gasteiger partial charge in [-0.05, 0) is 18.6 Å². The first-order chi connectivity index (χ1) is 7.75. The third kappa shape index (κ3) is 2.74. The van der Waals surface area contributed by atoms with E-state index in [9.17, 15) is 0 Å². The van der Waals surface area contributed by atoms with E-state index in [2.05, 4.69) is 29.4 Å². The molecule has 0 amide bonds. The van der Waals surface area contributed by atoms with Gasteiger partial charge in [0.25, 0.3) is 0 Å². The van der Waals surface area contributed by atoms with Crippen LogP contribution in [-0.2, 0) is 0 Å². The number of nitrogens with zero attached hydrogens (tertiary/aromatic N) is 1. The van der Waals surface area contributed by atoms with Crippen molar-refractivity contribution < 1.29 is 0 Å². The van der Waals surface area contributed by atoms with E-state index >= 15 is 0 Å². The number of hydrogen-bond acceptors (Lipinski definition) is 2. The number of hydrogen-bond donors (Lipinski definition) is 1. The normalized spacial score (nSPS) is 12.1. The van der Waals surface area contributed by atoms with Crippen LogP contribution in [0.2, 0.25) is 5.02 Å². The molecule has 0 unspecified atom stereocenters. The summed E-state index contributed by atoms with van der Waals surface area (Å²) in [6.45, 7) is 2.11. The van der Waals surface area contributed by atoms with Crippen molar-refractivity contribution >= 4 is 17.3 Å². The smallest absolute Gasteiger partial charge is 0.0609 e. The number of nitrogens with one attached hydrogen (secondary N) is 1. The average Bonchev–Trinajstić information content (AvgIpc) is 2.30. The Labute approximate surface area is 100 Å². The predicted octanol–water partition coefficient (Wildman–Crippen LogP) is 3.91. The summed E-state index contributed by atoms with van der Waals surface area (Å²) in [6.07, 6.45) is 3.39. The van der Waals surface area contributed by atoms with E-state index in [0.29, 0.717) is 5.02 Å². The van der Waals surface area contributed by atoms with Crippen molar-refractivity contribution in [3.8, 4) is 0 Å². The molecule has 1 heterocycles. The lowest BCUT2D eigenvalue weighted by Crippen LogP contribution is -2.06. The van der Waals surface area contributed by atoms with Crippen molar-refractivity contribution in [3.05, 3.63) is 59.4 Å². The van der Waals surface area contributed by atoms with Gasteiger partial charge < -0.3 is 5.32 Å². The average molecular weight is 233 g/mol. The van der Waals surface area contributed by atoms with Gasteiger partial charge >= 0.3 is 0 Å². The van der Waals surface area contributed by atoms with Crippen molar-refractivity contribution in [2.75, 3.05) is 5.32 Å². The van der Waals surface area contributed by atoms with Gasteiger partial charge in [-0.2, -0.15) is 0 Å². The van der Waals surface area contributed by atoms with Gasteiger partial charge in [0.1, 0.15) is 0 Å². The highest BCUT2D eigenvalue weighted by molar-refractivity contribution is 6.30. The van der Waals surface area contributed by atoms with Crippen LogP contribution in [0.5, 0.6) is 0 Å². The maximum Gasteiger partial charge on any atom is 0.0609 e. The standard InChI is InChI=1S/C13H13ClN2/c1-10(11-5-3-2-4-6-11)16-13-7-12(14)8-15-9-13/h2-10,16H,1H3/t10-/m0/s1. The van der Waals surface area contributed by atoms with Gasteiger partial charge in [0.05, 0.1) is 16.9 Å². The highest BCUT2D eigenvalue weighted by atomic mass is 35.5. The maximum absolute atomic E-state index is 5.87. The highest BCUT2D eigenvalue weighted by Gasteiger charge is 2.04. The quantitative estimate of drug-likeness (QED) is 0.868. The van der Waals surface area contributed by atoms with Crippen LogP contribution in [0.25, 0.3) is 0 Å². The molecule has 0 fully saturated rings. The van der Waals surface area contributed by atoms with Crippen LogP contribution in [0.15, 0.2) is 48.8 Å². The summed E-state index contributed by atoms with van der Waals surface area (Å²) in [6, 6.07) is 12.4. The van der Waals surface area contributed by atoms with Crippen molar-refractivity contribution in [1.82, 2.24) is 4.98 Å². The van der Waals surface area contributed by atoms with Gasteiger partial charge in [0.15, 0.2) is 0 Å². The van der Waals surface area contributed by atoms with Crippen molar-refractivity contribution in [3.63, 3.8) is 0 Å². The second kappa shape index (κ2) is 4.99. The van der Waals surface area contributed by atoms with Crippen molar-refractivity contribution in [2.45, 2.75) is 13.0 Å². The molecule has 1 N–H and O–H groups in total. The van der Waals surface area contributed by atoms with Crippen LogP contribution < -0.4 is 5.32 Å². The van der Waals surface area contributed by atoms with Crippen molar-refractivity contribution in [2.24, 2.45) is 0 Å². The van der Waals surface area contributed by atoms with E-state index < -0.39 is 0 Å². The zero-order valence-corrected chi connectivity index (χ0v) is 9.78. The summed E-state index contributed by atoms with van der Waals surface area (Å²) < 4.78 is 0. The number of rotatable bonds is 3. The largest absolute Gasteiger partial charge is 0.377 e. The minimum atomic E-state index is 0.237. The van der Waals surface area contributed by atoms with E-state index in [1.807, 2.05) is 24.3 Å². The molecule has 0 radical (unpaired) electrons. The summed E-state index contributed by atoms with van der Waals surface area (Å²) in [5.74, 6) is 0. The first-order valence-corrected chi connectivity index (χ1v) is 5.55. The van der Waals surface area contributed by atoms with Gasteiger partial charge in [0, 0.05) is 12.2 Å². The minimum Gasteiger partial charge on any atom is -0.377 e. The first kappa shape index (κ1) is 11.0. The SMILES string of the molecule is C[C@H](Nc1cncc(Cl)c1)c1ccccc1. The monoisotopic (exact) mass is 232 g/mol. The van der Waals surface area contributed by atoms with Crippen LogP contribution in [0.1, 0.15) is 18.5 Å². The zero-order chi connectivity index (χ0) is 11.4. The number of anilines is 1. The van der Waals surface area contributed by atoms with Gasteiger partial charge in [-0.15, -0.1) is 0 Å². The number of pyridine rings is 1. The topological polar surface area (TPSA) is 24.9 Å². The van der Waals surface area contributed by atoms with Crippen LogP contribution in [-0.4, -0.2) is 4.98 Å². The first-order valence-electron chi connectivity index (χ1n) is 5.18. The predicted molar refractivity (Wildman–Crippen MR) is 67.7 cm³/mol. The van der Waals surface area contributed by atoms with Gasteiger partial charge in [-0.1, -0.05) is 41.9 Å². The Kier molecular flexibility index (Phi) is 3.42. The Bertz CT molecular complexity index is 456. The second-order valence-corrected chi connectivity index (χ2v) is 4.10. The summed E-state index contributed by atoms with van der Waals surface area (Å²) >= 11 is 5.87. The molecule has 0 aliphatic rings. The molecule has 2 rings (SSSR count). The number of benzene rings is 1. The van der Waals surface area contributed by atoms with E-state index in [1.165, 1.54) is 5.56 Å². The molecule has 3 heteroatoms. The van der Waals surface area contributed by atoms with Crippen LogP contribution in [0, 0.1) is 0 Å². The van der Waals surface area contributed by atoms with Gasteiger partial charge in [0.2, 0.25) is 0 Å². The Morgan fingerprint density at radius 2 is 1.94 bits per heavy atom. The fourth-order valence-corrected chi connectivity index (χ4v) is 1.74. The zero-order valence-electron chi connectivity index (χ0n) is 9.02. The molecule has 0 aliphatic carbocycles. The minimum absolute atomic E-state index is 0.237. The highest BCUT2D eigenvalue weighted by Crippen LogP contribution is 2.20. The summed E-state index contributed by atoms with van der Waals surface area (Å²) in [5.41, 5.74) is 2.17. The summed E-state index contributed by atoms with van der Waals surface area (Å²) in [5, 5.41) is 4.00. The van der Waals surface area contributed by atoms with Crippen LogP contribution in [0.3, 0.4) is 0 Å². The number of aromatic nitrogens is 1. The molecule has 16 heavy (non-hydrogen) atoms. The van der Waals surface area contributed by atoms with Crippen molar-refractivity contribution in [1.29, 1.82) is 0 Å². The number of halogens is 1. The van der Waals surface area contributed by atoms with E-state index in [4.69, 9.17) is 11.6 Å². The van der Waals surface area contributed by atoms with E-state index in [0.717, 1.165) is 5.69 Å². The van der Waals surface area contributed by atoms with Gasteiger partial charge in [-0.25, -0.2) is 0 Å². The molecule has 0 aliphatic heterocycles. The molecular formula is C13H13ClN2. The second-order valence-electron chi connectivity index (χ2n) is 3.67. The molecule has 2 nitrogen and oxygen atoms in total. The van der Waals surface area contributed by atoms with Gasteiger partial charge in [-0.3, -0.25) is 4.98 Å². The summed E-state index contributed by atoms with van der Waals surface area (Å²) in [7, 11) is 0. The fourth-order valence-electron chi connectivity index (χ4n) is 1.57. The molecule has 0 saturated carbocycles. The molecule has 82 valence electrons. The lowest BCUT2D eigenvalue weighted by atomic mass is 10.1. The van der Waals surface area contributed by atoms with E-state index in [-0.39, 0.29) is 6.04 Å². The molecular weight excluding hydrogens is 220 g/mol. The summed E-state index contributed by atoms with van der Waals surface area (Å²) in [4.78, 5) is 4.04.